The Kier molecular flexibility index (Phi) is 2.93. The van der Waals surface area contributed by atoms with Crippen molar-refractivity contribution in [3.05, 3.63) is 16.5 Å². The summed E-state index contributed by atoms with van der Waals surface area (Å²) in [5, 5.41) is 1.12. The summed E-state index contributed by atoms with van der Waals surface area (Å²) < 4.78 is 5.28. The molecule has 2 N–H and O–H groups in total. The fourth-order valence-corrected chi connectivity index (χ4v) is 2.73. The van der Waals surface area contributed by atoms with E-state index in [4.69, 9.17) is 10.5 Å². The molecule has 4 nitrogen and oxygen atoms in total. The number of primary amides is 1. The third-order valence-corrected chi connectivity index (χ3v) is 3.76. The van der Waals surface area contributed by atoms with Crippen LogP contribution in [0.3, 0.4) is 0 Å². The first kappa shape index (κ1) is 10.4. The highest BCUT2D eigenvalue weighted by molar-refractivity contribution is 7.18. The van der Waals surface area contributed by atoms with Crippen molar-refractivity contribution < 1.29 is 9.53 Å². The van der Waals surface area contributed by atoms with Crippen LogP contribution in [0.5, 0.6) is 0 Å². The van der Waals surface area contributed by atoms with Gasteiger partial charge in [-0.1, -0.05) is 0 Å². The minimum absolute atomic E-state index is 0.336. The van der Waals surface area contributed by atoms with Gasteiger partial charge < -0.3 is 15.4 Å². The molecule has 0 aliphatic carbocycles. The summed E-state index contributed by atoms with van der Waals surface area (Å²) in [5.41, 5.74) is 6.25. The maximum Gasteiger partial charge on any atom is 0.259 e. The van der Waals surface area contributed by atoms with Crippen LogP contribution in [0.2, 0.25) is 0 Å². The molecule has 0 radical (unpaired) electrons. The highest BCUT2D eigenvalue weighted by Gasteiger charge is 2.17. The van der Waals surface area contributed by atoms with Crippen molar-refractivity contribution in [1.82, 2.24) is 0 Å². The van der Waals surface area contributed by atoms with Crippen molar-refractivity contribution in [2.24, 2.45) is 5.73 Å². The molecule has 1 aromatic rings. The highest BCUT2D eigenvalue weighted by Crippen LogP contribution is 2.29. The molecular weight excluding hydrogens is 212 g/mol. The summed E-state index contributed by atoms with van der Waals surface area (Å²) in [6, 6.07) is 2.02. The van der Waals surface area contributed by atoms with Gasteiger partial charge in [0.1, 0.15) is 0 Å². The van der Waals surface area contributed by atoms with Gasteiger partial charge in [0.25, 0.3) is 5.91 Å². The van der Waals surface area contributed by atoms with Crippen LogP contribution in [-0.4, -0.2) is 32.2 Å². The zero-order valence-electron chi connectivity index (χ0n) is 8.66. The smallest absolute Gasteiger partial charge is 0.259 e. The zero-order chi connectivity index (χ0) is 10.8. The van der Waals surface area contributed by atoms with Crippen molar-refractivity contribution in [1.29, 1.82) is 0 Å². The lowest BCUT2D eigenvalue weighted by Gasteiger charge is -2.27. The molecule has 1 saturated heterocycles. The molecule has 5 heteroatoms. The van der Waals surface area contributed by atoms with Crippen molar-refractivity contribution >= 4 is 22.2 Å². The Labute approximate surface area is 92.6 Å². The number of ether oxygens (including phenoxy) is 1. The fourth-order valence-electron chi connectivity index (χ4n) is 1.65. The zero-order valence-corrected chi connectivity index (χ0v) is 9.47. The van der Waals surface area contributed by atoms with Crippen LogP contribution < -0.4 is 10.6 Å². The first-order valence-electron chi connectivity index (χ1n) is 4.91. The summed E-state index contributed by atoms with van der Waals surface area (Å²) in [4.78, 5) is 14.0. The summed E-state index contributed by atoms with van der Waals surface area (Å²) in [7, 11) is 0. The van der Waals surface area contributed by atoms with E-state index >= 15 is 0 Å². The van der Waals surface area contributed by atoms with E-state index in [1.54, 1.807) is 0 Å². The Morgan fingerprint density at radius 2 is 2.20 bits per heavy atom. The number of carbonyl (C=O) groups is 1. The third kappa shape index (κ3) is 2.13. The molecular formula is C10H14N2O2S. The lowest BCUT2D eigenvalue weighted by Crippen LogP contribution is -2.35. The molecule has 2 heterocycles. The van der Waals surface area contributed by atoms with Crippen molar-refractivity contribution in [3.8, 4) is 0 Å². The van der Waals surface area contributed by atoms with E-state index in [1.807, 2.05) is 13.0 Å². The van der Waals surface area contributed by atoms with Gasteiger partial charge >= 0.3 is 0 Å². The number of rotatable bonds is 2. The van der Waals surface area contributed by atoms with Crippen LogP contribution in [0, 0.1) is 6.92 Å². The number of nitrogens with zero attached hydrogens (tertiary/aromatic N) is 1. The molecule has 82 valence electrons. The van der Waals surface area contributed by atoms with Crippen LogP contribution in [0.25, 0.3) is 0 Å². The van der Waals surface area contributed by atoms with Crippen LogP contribution >= 0.6 is 11.3 Å². The molecule has 0 saturated carbocycles. The largest absolute Gasteiger partial charge is 0.378 e. The number of thiophene rings is 1. The second-order valence-electron chi connectivity index (χ2n) is 3.56. The van der Waals surface area contributed by atoms with Crippen molar-refractivity contribution in [3.63, 3.8) is 0 Å². The number of carbonyl (C=O) groups excluding carboxylic acids is 1. The summed E-state index contributed by atoms with van der Waals surface area (Å²) in [6.07, 6.45) is 0. The van der Waals surface area contributed by atoms with Crippen LogP contribution in [0.1, 0.15) is 15.2 Å². The number of morpholine rings is 1. The van der Waals surface area contributed by atoms with Gasteiger partial charge in [0.15, 0.2) is 0 Å². The monoisotopic (exact) mass is 226 g/mol. The Balaban J connectivity index is 2.21. The molecule has 0 aromatic carbocycles. The lowest BCUT2D eigenvalue weighted by molar-refractivity contribution is 0.100. The Hall–Kier alpha value is -1.07. The molecule has 1 aliphatic rings. The van der Waals surface area contributed by atoms with E-state index in [-0.39, 0.29) is 5.91 Å². The molecule has 15 heavy (non-hydrogen) atoms. The van der Waals surface area contributed by atoms with E-state index in [1.165, 1.54) is 11.3 Å². The molecule has 2 rings (SSSR count). The van der Waals surface area contributed by atoms with Crippen molar-refractivity contribution in [2.45, 2.75) is 6.92 Å². The number of amides is 1. The van der Waals surface area contributed by atoms with Crippen molar-refractivity contribution in [2.75, 3.05) is 31.2 Å². The van der Waals surface area contributed by atoms with E-state index in [2.05, 4.69) is 4.90 Å². The Morgan fingerprint density at radius 3 is 2.73 bits per heavy atom. The third-order valence-electron chi connectivity index (χ3n) is 2.45. The van der Waals surface area contributed by atoms with Gasteiger partial charge in [-0.3, -0.25) is 4.79 Å². The molecule has 1 aliphatic heterocycles. The average molecular weight is 226 g/mol. The normalized spacial score (nSPS) is 16.7. The van der Waals surface area contributed by atoms with Gasteiger partial charge in [0.2, 0.25) is 0 Å². The van der Waals surface area contributed by atoms with Gasteiger partial charge in [0, 0.05) is 13.1 Å². The molecule has 1 fully saturated rings. The molecule has 0 spiro atoms. The van der Waals surface area contributed by atoms with Crippen LogP contribution in [0.4, 0.5) is 5.00 Å². The maximum absolute atomic E-state index is 11.1. The van der Waals surface area contributed by atoms with Gasteiger partial charge in [-0.05, 0) is 18.6 Å². The first-order valence-corrected chi connectivity index (χ1v) is 5.73. The first-order chi connectivity index (χ1) is 7.18. The summed E-state index contributed by atoms with van der Waals surface area (Å²) >= 11 is 1.47. The number of nitrogens with two attached hydrogens (primary N) is 1. The summed E-state index contributed by atoms with van der Waals surface area (Å²) in [6.45, 7) is 5.20. The maximum atomic E-state index is 11.1. The molecule has 0 atom stereocenters. The van der Waals surface area contributed by atoms with E-state index in [9.17, 15) is 4.79 Å². The average Bonchev–Trinajstić information content (AvgIpc) is 2.62. The van der Waals surface area contributed by atoms with Gasteiger partial charge in [0.05, 0.1) is 23.1 Å². The molecule has 0 bridgehead atoms. The van der Waals surface area contributed by atoms with Gasteiger partial charge in [-0.25, -0.2) is 0 Å². The molecule has 0 unspecified atom stereocenters. The van der Waals surface area contributed by atoms with Gasteiger partial charge in [-0.2, -0.15) is 0 Å². The Morgan fingerprint density at radius 1 is 1.53 bits per heavy atom. The van der Waals surface area contributed by atoms with E-state index in [0.29, 0.717) is 4.88 Å². The van der Waals surface area contributed by atoms with E-state index < -0.39 is 0 Å². The highest BCUT2D eigenvalue weighted by atomic mass is 32.1. The lowest BCUT2D eigenvalue weighted by atomic mass is 10.3. The second-order valence-corrected chi connectivity index (χ2v) is 4.59. The predicted molar refractivity (Wildman–Crippen MR) is 60.6 cm³/mol. The number of anilines is 1. The fraction of sp³-hybridized carbons (Fsp3) is 0.500. The topological polar surface area (TPSA) is 55.6 Å². The molecule has 1 aromatic heterocycles. The van der Waals surface area contributed by atoms with Crippen LogP contribution in [-0.2, 0) is 4.74 Å². The quantitative estimate of drug-likeness (QED) is 0.818. The number of hydrogen-bond acceptors (Lipinski definition) is 4. The minimum atomic E-state index is -0.336. The molecule has 1 amide bonds. The number of hydrogen-bond donors (Lipinski definition) is 1. The Bertz CT molecular complexity index is 369. The minimum Gasteiger partial charge on any atom is -0.378 e. The second kappa shape index (κ2) is 4.20. The summed E-state index contributed by atoms with van der Waals surface area (Å²) in [5.74, 6) is -0.336. The number of aryl methyl sites for hydroxylation is 1. The van der Waals surface area contributed by atoms with E-state index in [0.717, 1.165) is 36.9 Å². The standard InChI is InChI=1S/C10H14N2O2S/c1-7-6-8(15-9(7)10(11)13)12-2-4-14-5-3-12/h6H,2-5H2,1H3,(H2,11,13). The van der Waals surface area contributed by atoms with Crippen LogP contribution in [0.15, 0.2) is 6.07 Å². The predicted octanol–water partition coefficient (Wildman–Crippen LogP) is 0.992. The SMILES string of the molecule is Cc1cc(N2CCOCC2)sc1C(N)=O. The van der Waals surface area contributed by atoms with Gasteiger partial charge in [-0.15, -0.1) is 11.3 Å².